The fraction of sp³-hybridized carbons (Fsp3) is 0.387. The van der Waals surface area contributed by atoms with Gasteiger partial charge in [-0.2, -0.15) is 0 Å². The van der Waals surface area contributed by atoms with Gasteiger partial charge in [0.05, 0.1) is 17.1 Å². The molecule has 0 aliphatic heterocycles. The lowest BCUT2D eigenvalue weighted by molar-refractivity contribution is -0.385. The summed E-state index contributed by atoms with van der Waals surface area (Å²) < 4.78 is 11.7. The average molecular weight is 547 g/mol. The van der Waals surface area contributed by atoms with Crippen molar-refractivity contribution in [2.45, 2.75) is 51.5 Å². The summed E-state index contributed by atoms with van der Waals surface area (Å²) in [5.74, 6) is 3.80. The Bertz CT molecular complexity index is 1370. The van der Waals surface area contributed by atoms with E-state index in [-0.39, 0.29) is 34.6 Å². The van der Waals surface area contributed by atoms with Crippen molar-refractivity contribution < 1.29 is 19.2 Å². The van der Waals surface area contributed by atoms with Gasteiger partial charge in [0.1, 0.15) is 23.0 Å². The molecule has 1 amide bonds. The molecule has 3 aromatic carbocycles. The summed E-state index contributed by atoms with van der Waals surface area (Å²) in [5, 5.41) is 15.3. The van der Waals surface area contributed by atoms with Gasteiger partial charge >= 0.3 is 0 Å². The van der Waals surface area contributed by atoms with Crippen LogP contribution in [0.1, 0.15) is 55.8 Å². The van der Waals surface area contributed by atoms with Crippen molar-refractivity contribution >= 4 is 23.2 Å². The molecule has 1 N–H and O–H groups in total. The molecule has 3 aromatic rings. The Hall–Kier alpha value is -3.58. The molecule has 0 unspecified atom stereocenters. The number of nitrogens with zero attached hydrogens (tertiary/aromatic N) is 1. The van der Waals surface area contributed by atoms with Crippen LogP contribution in [0.15, 0.2) is 66.7 Å². The summed E-state index contributed by atoms with van der Waals surface area (Å²) in [5.41, 5.74) is 0.627. The van der Waals surface area contributed by atoms with E-state index in [9.17, 15) is 14.9 Å². The molecule has 202 valence electrons. The van der Waals surface area contributed by atoms with Crippen molar-refractivity contribution in [2.75, 3.05) is 0 Å². The molecule has 1 atom stereocenters. The van der Waals surface area contributed by atoms with Gasteiger partial charge in [-0.05, 0) is 111 Å². The first-order valence-corrected chi connectivity index (χ1v) is 13.9. The van der Waals surface area contributed by atoms with Crippen LogP contribution in [-0.4, -0.2) is 16.9 Å². The minimum Gasteiger partial charge on any atom is -0.457 e. The summed E-state index contributed by atoms with van der Waals surface area (Å²) in [4.78, 5) is 24.1. The molecule has 8 heteroatoms. The predicted octanol–water partition coefficient (Wildman–Crippen LogP) is 8.17. The molecular weight excluding hydrogens is 516 g/mol. The molecule has 0 aromatic heterocycles. The maximum Gasteiger partial charge on any atom is 0.276 e. The fourth-order valence-electron chi connectivity index (χ4n) is 7.40. The summed E-state index contributed by atoms with van der Waals surface area (Å²) in [7, 11) is 0. The molecule has 39 heavy (non-hydrogen) atoms. The molecule has 0 radical (unpaired) electrons. The predicted molar refractivity (Wildman–Crippen MR) is 149 cm³/mol. The lowest BCUT2D eigenvalue weighted by Crippen LogP contribution is -2.55. The third kappa shape index (κ3) is 5.46. The van der Waals surface area contributed by atoms with Crippen molar-refractivity contribution in [3.05, 3.63) is 87.4 Å². The highest BCUT2D eigenvalue weighted by Crippen LogP contribution is 2.61. The number of ether oxygens (including phenoxy) is 2. The summed E-state index contributed by atoms with van der Waals surface area (Å²) >= 11 is 6.02. The maximum absolute atomic E-state index is 13.1. The molecule has 7 nitrogen and oxygen atoms in total. The van der Waals surface area contributed by atoms with Crippen LogP contribution in [-0.2, 0) is 0 Å². The van der Waals surface area contributed by atoms with E-state index in [1.54, 1.807) is 54.6 Å². The lowest BCUT2D eigenvalue weighted by Gasteiger charge is -2.59. The molecule has 7 rings (SSSR count). The van der Waals surface area contributed by atoms with Gasteiger partial charge in [0.25, 0.3) is 11.6 Å². The van der Waals surface area contributed by atoms with Crippen molar-refractivity contribution in [1.29, 1.82) is 0 Å². The molecule has 4 fully saturated rings. The topological polar surface area (TPSA) is 90.7 Å². The second-order valence-corrected chi connectivity index (χ2v) is 12.0. The van der Waals surface area contributed by atoms with Crippen molar-refractivity contribution in [2.24, 2.45) is 23.2 Å². The molecule has 4 aliphatic rings. The lowest BCUT2D eigenvalue weighted by atomic mass is 9.48. The largest absolute Gasteiger partial charge is 0.457 e. The SMILES string of the molecule is C[C@H](NC(=O)c1ccc(Oc2cc(Oc3cccc(Cl)c3)cc([N+](=O)[O-])c2)cc1)C12CC3CC(CC(C3)C1)C2. The second kappa shape index (κ2) is 10.2. The number of amides is 1. The highest BCUT2D eigenvalue weighted by molar-refractivity contribution is 6.30. The monoisotopic (exact) mass is 546 g/mol. The van der Waals surface area contributed by atoms with Gasteiger partial charge in [-0.1, -0.05) is 17.7 Å². The van der Waals surface area contributed by atoms with Crippen LogP contribution in [0, 0.1) is 33.3 Å². The van der Waals surface area contributed by atoms with Gasteiger partial charge in [0, 0.05) is 22.7 Å². The first-order chi connectivity index (χ1) is 18.7. The third-order valence-electron chi connectivity index (χ3n) is 8.81. The smallest absolute Gasteiger partial charge is 0.276 e. The standard InChI is InChI=1S/C31H31ClN2O5/c1-19(31-16-20-9-21(17-31)11-22(10-20)18-31)33-30(35)23-5-7-26(8-6-23)38-28-13-25(34(36)37)14-29(15-28)39-27-4-2-3-24(32)12-27/h2-8,12-15,19-22H,9-11,16-18H2,1H3,(H,33,35)/t19-,20?,21?,22?,31?/m0/s1. The fourth-order valence-corrected chi connectivity index (χ4v) is 7.58. The van der Waals surface area contributed by atoms with Crippen LogP contribution in [0.5, 0.6) is 23.0 Å². The summed E-state index contributed by atoms with van der Waals surface area (Å²) in [6.45, 7) is 2.17. The Morgan fingerprint density at radius 2 is 1.49 bits per heavy atom. The van der Waals surface area contributed by atoms with Crippen LogP contribution < -0.4 is 14.8 Å². The van der Waals surface area contributed by atoms with E-state index in [2.05, 4.69) is 12.2 Å². The number of nitro groups is 1. The number of carbonyl (C=O) groups excluding carboxylic acids is 1. The maximum atomic E-state index is 13.1. The normalized spacial score (nSPS) is 25.6. The minimum absolute atomic E-state index is 0.0858. The van der Waals surface area contributed by atoms with Crippen LogP contribution in [0.2, 0.25) is 5.02 Å². The average Bonchev–Trinajstić information content (AvgIpc) is 2.88. The number of non-ortho nitro benzene ring substituents is 1. The van der Waals surface area contributed by atoms with Gasteiger partial charge in [-0.3, -0.25) is 14.9 Å². The van der Waals surface area contributed by atoms with Crippen LogP contribution >= 0.6 is 11.6 Å². The zero-order valence-electron chi connectivity index (χ0n) is 21.8. The highest BCUT2D eigenvalue weighted by Gasteiger charge is 2.53. The molecule has 4 bridgehead atoms. The number of rotatable bonds is 8. The molecular formula is C31H31ClN2O5. The van der Waals surface area contributed by atoms with E-state index >= 15 is 0 Å². The number of carbonyl (C=O) groups is 1. The Balaban J connectivity index is 1.13. The first kappa shape index (κ1) is 25.7. The zero-order valence-corrected chi connectivity index (χ0v) is 22.5. The van der Waals surface area contributed by atoms with Crippen molar-refractivity contribution in [3.8, 4) is 23.0 Å². The number of halogens is 1. The van der Waals surface area contributed by atoms with Gasteiger partial charge in [0.2, 0.25) is 0 Å². The number of benzene rings is 3. The zero-order chi connectivity index (χ0) is 27.1. The van der Waals surface area contributed by atoms with Crippen LogP contribution in [0.4, 0.5) is 5.69 Å². The number of nitro benzene ring substituents is 1. The van der Waals surface area contributed by atoms with Crippen LogP contribution in [0.3, 0.4) is 0 Å². The van der Waals surface area contributed by atoms with E-state index in [4.69, 9.17) is 21.1 Å². The van der Waals surface area contributed by atoms with Gasteiger partial charge in [-0.15, -0.1) is 0 Å². The Labute approximate surface area is 232 Å². The minimum atomic E-state index is -0.504. The third-order valence-corrected chi connectivity index (χ3v) is 9.05. The molecule has 0 saturated heterocycles. The number of hydrogen-bond donors (Lipinski definition) is 1. The molecule has 0 heterocycles. The quantitative estimate of drug-likeness (QED) is 0.227. The Morgan fingerprint density at radius 1 is 0.897 bits per heavy atom. The first-order valence-electron chi connectivity index (χ1n) is 13.6. The van der Waals surface area contributed by atoms with E-state index < -0.39 is 4.92 Å². The molecule has 4 aliphatic carbocycles. The second-order valence-electron chi connectivity index (χ2n) is 11.6. The Morgan fingerprint density at radius 3 is 2.05 bits per heavy atom. The van der Waals surface area contributed by atoms with E-state index in [1.807, 2.05) is 0 Å². The van der Waals surface area contributed by atoms with E-state index in [1.165, 1.54) is 50.7 Å². The van der Waals surface area contributed by atoms with Gasteiger partial charge in [0.15, 0.2) is 0 Å². The molecule has 0 spiro atoms. The molecule has 4 saturated carbocycles. The van der Waals surface area contributed by atoms with E-state index in [0.717, 1.165) is 17.8 Å². The number of nitrogens with one attached hydrogen (secondary N) is 1. The summed E-state index contributed by atoms with van der Waals surface area (Å²) in [6, 6.07) is 18.0. The highest BCUT2D eigenvalue weighted by atomic mass is 35.5. The Kier molecular flexibility index (Phi) is 6.71. The van der Waals surface area contributed by atoms with Gasteiger partial charge < -0.3 is 14.8 Å². The number of hydrogen-bond acceptors (Lipinski definition) is 5. The van der Waals surface area contributed by atoms with Crippen LogP contribution in [0.25, 0.3) is 0 Å². The van der Waals surface area contributed by atoms with Crippen molar-refractivity contribution in [3.63, 3.8) is 0 Å². The summed E-state index contributed by atoms with van der Waals surface area (Å²) in [6.07, 6.45) is 7.83. The van der Waals surface area contributed by atoms with Crippen molar-refractivity contribution in [1.82, 2.24) is 5.32 Å². The van der Waals surface area contributed by atoms with Gasteiger partial charge in [-0.25, -0.2) is 0 Å². The van der Waals surface area contributed by atoms with E-state index in [0.29, 0.717) is 22.1 Å².